The van der Waals surface area contributed by atoms with Crippen molar-refractivity contribution in [1.82, 2.24) is 5.32 Å². The van der Waals surface area contributed by atoms with Crippen LogP contribution in [-0.2, 0) is 14.3 Å². The van der Waals surface area contributed by atoms with Crippen molar-refractivity contribution in [2.45, 2.75) is 38.4 Å². The number of nitrogens with one attached hydrogen (secondary N) is 1. The normalized spacial score (nSPS) is 25.6. The monoisotopic (exact) mass is 373 g/mol. The second kappa shape index (κ2) is 5.42. The molecule has 0 saturated carbocycles. The minimum absolute atomic E-state index is 0.00550. The number of ketones is 1. The van der Waals surface area contributed by atoms with Gasteiger partial charge in [0.05, 0.1) is 10.5 Å². The van der Waals surface area contributed by atoms with Crippen LogP contribution in [-0.4, -0.2) is 29.4 Å². The van der Waals surface area contributed by atoms with Crippen molar-refractivity contribution in [3.05, 3.63) is 33.7 Å². The highest BCUT2D eigenvalue weighted by atomic mass is 32.1. The van der Waals surface area contributed by atoms with Crippen molar-refractivity contribution in [2.75, 3.05) is 0 Å². The van der Waals surface area contributed by atoms with Crippen LogP contribution >= 0.6 is 11.3 Å². The molecule has 3 rings (SSSR count). The zero-order chi connectivity index (χ0) is 18.6. The zero-order valence-electron chi connectivity index (χ0n) is 13.3. The van der Waals surface area contributed by atoms with Gasteiger partial charge in [-0.3, -0.25) is 9.59 Å². The molecule has 0 saturated heterocycles. The van der Waals surface area contributed by atoms with Crippen LogP contribution in [0.3, 0.4) is 0 Å². The van der Waals surface area contributed by atoms with Gasteiger partial charge in [-0.2, -0.15) is 13.2 Å². The number of hydrogen-bond acceptors (Lipinski definition) is 5. The van der Waals surface area contributed by atoms with E-state index in [4.69, 9.17) is 4.74 Å². The molecule has 1 aromatic heterocycles. The number of rotatable bonds is 2. The van der Waals surface area contributed by atoms with E-state index in [2.05, 4.69) is 0 Å². The first kappa shape index (κ1) is 17.7. The van der Waals surface area contributed by atoms with E-state index in [0.29, 0.717) is 0 Å². The Balaban J connectivity index is 2.12. The van der Waals surface area contributed by atoms with Crippen LogP contribution in [0.1, 0.15) is 36.4 Å². The summed E-state index contributed by atoms with van der Waals surface area (Å²) in [5.74, 6) is -3.94. The SMILES string of the molecule is CC1(C)CC(=O)C2=C(C1)OC(=O)[C@@]2(NC(=O)c1cccs1)C(F)(F)F. The average molecular weight is 373 g/mol. The van der Waals surface area contributed by atoms with E-state index in [1.807, 2.05) is 0 Å². The molecule has 1 aliphatic carbocycles. The van der Waals surface area contributed by atoms with Gasteiger partial charge in [-0.25, -0.2) is 4.79 Å². The number of amides is 1. The van der Waals surface area contributed by atoms with Crippen LogP contribution < -0.4 is 5.32 Å². The van der Waals surface area contributed by atoms with Gasteiger partial charge in [-0.05, 0) is 16.9 Å². The van der Waals surface area contributed by atoms with E-state index in [1.54, 1.807) is 19.2 Å². The molecule has 5 nitrogen and oxygen atoms in total. The smallest absolute Gasteiger partial charge is 0.427 e. The Morgan fingerprint density at radius 2 is 1.96 bits per heavy atom. The maximum absolute atomic E-state index is 13.9. The van der Waals surface area contributed by atoms with E-state index in [-0.39, 0.29) is 23.5 Å². The van der Waals surface area contributed by atoms with Crippen LogP contribution in [0.4, 0.5) is 13.2 Å². The fraction of sp³-hybridized carbons (Fsp3) is 0.438. The quantitative estimate of drug-likeness (QED) is 0.809. The molecule has 0 fully saturated rings. The van der Waals surface area contributed by atoms with Crippen molar-refractivity contribution in [1.29, 1.82) is 0 Å². The summed E-state index contributed by atoms with van der Waals surface area (Å²) in [5, 5.41) is 3.25. The van der Waals surface area contributed by atoms with E-state index in [9.17, 15) is 27.6 Å². The van der Waals surface area contributed by atoms with Crippen molar-refractivity contribution in [3.63, 3.8) is 0 Å². The predicted octanol–water partition coefficient (Wildman–Crippen LogP) is 2.98. The second-order valence-corrected chi connectivity index (χ2v) is 7.76. The molecular weight excluding hydrogens is 359 g/mol. The molecule has 0 spiro atoms. The number of esters is 1. The Hall–Kier alpha value is -2.16. The molecule has 1 aromatic rings. The molecule has 0 aromatic carbocycles. The minimum Gasteiger partial charge on any atom is -0.428 e. The summed E-state index contributed by atoms with van der Waals surface area (Å²) in [7, 11) is 0. The molecule has 1 N–H and O–H groups in total. The Labute approximate surface area is 144 Å². The van der Waals surface area contributed by atoms with Gasteiger partial charge < -0.3 is 10.1 Å². The molecule has 2 heterocycles. The third-order valence-corrected chi connectivity index (χ3v) is 5.07. The highest BCUT2D eigenvalue weighted by Gasteiger charge is 2.71. The first-order chi connectivity index (χ1) is 11.5. The molecule has 0 radical (unpaired) electrons. The van der Waals surface area contributed by atoms with Gasteiger partial charge >= 0.3 is 12.1 Å². The van der Waals surface area contributed by atoms with Crippen LogP contribution in [0.25, 0.3) is 0 Å². The number of Topliss-reactive ketones (excluding diaryl/α,β-unsaturated/α-hetero) is 1. The number of ether oxygens (including phenoxy) is 1. The number of carbonyl (C=O) groups is 3. The third kappa shape index (κ3) is 2.66. The summed E-state index contributed by atoms with van der Waals surface area (Å²) < 4.78 is 46.5. The van der Waals surface area contributed by atoms with E-state index >= 15 is 0 Å². The molecule has 1 atom stereocenters. The van der Waals surface area contributed by atoms with Gasteiger partial charge in [0.15, 0.2) is 5.78 Å². The van der Waals surface area contributed by atoms with Crippen molar-refractivity contribution < 1.29 is 32.3 Å². The summed E-state index contributed by atoms with van der Waals surface area (Å²) >= 11 is 0.922. The molecule has 1 amide bonds. The van der Waals surface area contributed by atoms with Gasteiger partial charge in [-0.1, -0.05) is 19.9 Å². The number of allylic oxidation sites excluding steroid dienone is 1. The Kier molecular flexibility index (Phi) is 3.83. The van der Waals surface area contributed by atoms with Crippen LogP contribution in [0.5, 0.6) is 0 Å². The minimum atomic E-state index is -5.22. The fourth-order valence-corrected chi connectivity index (χ4v) is 3.76. The van der Waals surface area contributed by atoms with Crippen molar-refractivity contribution in [3.8, 4) is 0 Å². The first-order valence-electron chi connectivity index (χ1n) is 7.40. The largest absolute Gasteiger partial charge is 0.428 e. The van der Waals surface area contributed by atoms with Gasteiger partial charge in [0, 0.05) is 12.8 Å². The summed E-state index contributed by atoms with van der Waals surface area (Å²) in [4.78, 5) is 36.9. The lowest BCUT2D eigenvalue weighted by atomic mass is 9.72. The molecule has 2 aliphatic rings. The van der Waals surface area contributed by atoms with Gasteiger partial charge in [0.2, 0.25) is 0 Å². The summed E-state index contributed by atoms with van der Waals surface area (Å²) in [6.07, 6.45) is -5.38. The average Bonchev–Trinajstić information content (AvgIpc) is 3.04. The molecule has 9 heteroatoms. The topological polar surface area (TPSA) is 72.5 Å². The maximum Gasteiger partial charge on any atom is 0.427 e. The lowest BCUT2D eigenvalue weighted by Crippen LogP contribution is -2.64. The van der Waals surface area contributed by atoms with Crippen molar-refractivity contribution in [2.24, 2.45) is 5.41 Å². The van der Waals surface area contributed by atoms with E-state index < -0.39 is 40.4 Å². The van der Waals surface area contributed by atoms with Gasteiger partial charge in [0.1, 0.15) is 5.76 Å². The summed E-state index contributed by atoms with van der Waals surface area (Å²) in [6, 6.07) is 2.82. The number of alkyl halides is 3. The number of hydrogen-bond donors (Lipinski definition) is 1. The van der Waals surface area contributed by atoms with Gasteiger partial charge in [-0.15, -0.1) is 11.3 Å². The maximum atomic E-state index is 13.9. The highest BCUT2D eigenvalue weighted by molar-refractivity contribution is 7.12. The molecular formula is C16H14F3NO4S. The Bertz CT molecular complexity index is 795. The van der Waals surface area contributed by atoms with E-state index in [1.165, 1.54) is 17.5 Å². The second-order valence-electron chi connectivity index (χ2n) is 6.81. The summed E-state index contributed by atoms with van der Waals surface area (Å²) in [5.41, 5.74) is -4.89. The van der Waals surface area contributed by atoms with Crippen LogP contribution in [0.2, 0.25) is 0 Å². The molecule has 0 bridgehead atoms. The lowest BCUT2D eigenvalue weighted by molar-refractivity contribution is -0.195. The Morgan fingerprint density at radius 1 is 1.28 bits per heavy atom. The van der Waals surface area contributed by atoms with Crippen molar-refractivity contribution >= 4 is 29.0 Å². The molecule has 134 valence electrons. The predicted molar refractivity (Wildman–Crippen MR) is 81.7 cm³/mol. The third-order valence-electron chi connectivity index (χ3n) is 4.20. The van der Waals surface area contributed by atoms with E-state index in [0.717, 1.165) is 11.3 Å². The molecule has 25 heavy (non-hydrogen) atoms. The number of thiophene rings is 1. The lowest BCUT2D eigenvalue weighted by Gasteiger charge is -2.34. The number of halogens is 3. The molecule has 1 aliphatic heterocycles. The number of carbonyl (C=O) groups excluding carboxylic acids is 3. The fourth-order valence-electron chi connectivity index (χ4n) is 3.14. The van der Waals surface area contributed by atoms with Crippen LogP contribution in [0, 0.1) is 5.41 Å². The van der Waals surface area contributed by atoms with Gasteiger partial charge in [0.25, 0.3) is 11.4 Å². The Morgan fingerprint density at radius 3 is 2.52 bits per heavy atom. The summed E-state index contributed by atoms with van der Waals surface area (Å²) in [6.45, 7) is 3.39. The first-order valence-corrected chi connectivity index (χ1v) is 8.28. The molecule has 0 unspecified atom stereocenters. The standard InChI is InChI=1S/C16H14F3NO4S/c1-14(2)6-8(21)11-9(7-14)24-13(23)15(11,16(17,18)19)20-12(22)10-4-3-5-25-10/h3-5H,6-7H2,1-2H3,(H,20,22)/t15-/m1/s1. The zero-order valence-corrected chi connectivity index (χ0v) is 14.1. The van der Waals surface area contributed by atoms with Crippen LogP contribution in [0.15, 0.2) is 28.8 Å². The highest BCUT2D eigenvalue weighted by Crippen LogP contribution is 2.50.